The average Bonchev–Trinajstić information content (AvgIpc) is 2.47. The Hall–Kier alpha value is -1.35. The molecule has 0 spiro atoms. The third-order valence-corrected chi connectivity index (χ3v) is 2.35. The first-order chi connectivity index (χ1) is 6.75. The summed E-state index contributed by atoms with van der Waals surface area (Å²) >= 11 is 0. The van der Waals surface area contributed by atoms with Crippen molar-refractivity contribution in [3.05, 3.63) is 35.9 Å². The fraction of sp³-hybridized carbons (Fsp3) is 0.364. The molecular formula is C11H13NO2. The molecule has 0 amide bonds. The number of hydrogen-bond acceptors (Lipinski definition) is 3. The number of carbonyl (C=O) groups excluding carboxylic acids is 1. The number of hydroxylamine groups is 2. The van der Waals surface area contributed by atoms with E-state index in [1.54, 1.807) is 5.06 Å². The lowest BCUT2D eigenvalue weighted by atomic mass is 10.2. The zero-order valence-corrected chi connectivity index (χ0v) is 8.14. The minimum absolute atomic E-state index is 0.131. The summed E-state index contributed by atoms with van der Waals surface area (Å²) in [7, 11) is 0. The van der Waals surface area contributed by atoms with Crippen molar-refractivity contribution in [2.24, 2.45) is 0 Å². The van der Waals surface area contributed by atoms with E-state index in [0.717, 1.165) is 5.56 Å². The topological polar surface area (TPSA) is 29.5 Å². The molecule has 3 heteroatoms. The molecule has 1 atom stereocenters. The second-order valence-corrected chi connectivity index (χ2v) is 3.58. The molecule has 1 aliphatic rings. The smallest absolute Gasteiger partial charge is 0.326 e. The van der Waals surface area contributed by atoms with Crippen molar-refractivity contribution in [3.8, 4) is 0 Å². The van der Waals surface area contributed by atoms with Gasteiger partial charge in [-0.3, -0.25) is 4.79 Å². The van der Waals surface area contributed by atoms with E-state index in [1.807, 2.05) is 37.3 Å². The summed E-state index contributed by atoms with van der Waals surface area (Å²) in [5, 5.41) is 1.73. The summed E-state index contributed by atoms with van der Waals surface area (Å²) in [5.74, 6) is -0.131. The average molecular weight is 191 g/mol. The molecule has 0 aromatic heterocycles. The molecular weight excluding hydrogens is 178 g/mol. The summed E-state index contributed by atoms with van der Waals surface area (Å²) in [6.45, 7) is 2.67. The van der Waals surface area contributed by atoms with Crippen LogP contribution >= 0.6 is 0 Å². The van der Waals surface area contributed by atoms with E-state index in [4.69, 9.17) is 4.84 Å². The Morgan fingerprint density at radius 1 is 1.43 bits per heavy atom. The third kappa shape index (κ3) is 1.93. The first-order valence-electron chi connectivity index (χ1n) is 4.77. The van der Waals surface area contributed by atoms with Crippen molar-refractivity contribution in [1.29, 1.82) is 0 Å². The second-order valence-electron chi connectivity index (χ2n) is 3.58. The number of benzene rings is 1. The van der Waals surface area contributed by atoms with Gasteiger partial charge >= 0.3 is 5.97 Å². The highest BCUT2D eigenvalue weighted by atomic mass is 16.7. The molecule has 0 bridgehead atoms. The van der Waals surface area contributed by atoms with Crippen LogP contribution in [0.15, 0.2) is 30.3 Å². The van der Waals surface area contributed by atoms with E-state index in [2.05, 4.69) is 0 Å². The van der Waals surface area contributed by atoms with Crippen LogP contribution in [0.3, 0.4) is 0 Å². The van der Waals surface area contributed by atoms with Crippen molar-refractivity contribution in [3.63, 3.8) is 0 Å². The molecule has 0 radical (unpaired) electrons. The van der Waals surface area contributed by atoms with Gasteiger partial charge in [0.1, 0.15) is 0 Å². The lowest BCUT2D eigenvalue weighted by Crippen LogP contribution is -2.24. The quantitative estimate of drug-likeness (QED) is 0.713. The van der Waals surface area contributed by atoms with Crippen LogP contribution < -0.4 is 0 Å². The van der Waals surface area contributed by atoms with Crippen LogP contribution in [0, 0.1) is 0 Å². The van der Waals surface area contributed by atoms with Gasteiger partial charge in [-0.15, -0.1) is 5.06 Å². The molecule has 1 heterocycles. The maximum atomic E-state index is 11.0. The Morgan fingerprint density at radius 3 is 2.71 bits per heavy atom. The van der Waals surface area contributed by atoms with E-state index in [1.165, 1.54) is 0 Å². The van der Waals surface area contributed by atoms with E-state index in [0.29, 0.717) is 13.0 Å². The molecule has 1 saturated heterocycles. The largest absolute Gasteiger partial charge is 0.367 e. The van der Waals surface area contributed by atoms with Crippen LogP contribution in [-0.2, 0) is 16.2 Å². The molecule has 0 N–H and O–H groups in total. The molecule has 74 valence electrons. The minimum atomic E-state index is -0.131. The van der Waals surface area contributed by atoms with Gasteiger partial charge in [-0.05, 0) is 12.5 Å². The number of carbonyl (C=O) groups is 1. The van der Waals surface area contributed by atoms with Gasteiger partial charge in [-0.25, -0.2) is 0 Å². The SMILES string of the molecule is CC1CC(=O)ON1Cc1ccccc1. The minimum Gasteiger partial charge on any atom is -0.367 e. The molecule has 2 rings (SSSR count). The summed E-state index contributed by atoms with van der Waals surface area (Å²) < 4.78 is 0. The van der Waals surface area contributed by atoms with Crippen molar-refractivity contribution in [2.75, 3.05) is 0 Å². The highest BCUT2D eigenvalue weighted by Gasteiger charge is 2.28. The Morgan fingerprint density at radius 2 is 2.14 bits per heavy atom. The van der Waals surface area contributed by atoms with Crippen molar-refractivity contribution in [1.82, 2.24) is 5.06 Å². The van der Waals surface area contributed by atoms with E-state index in [9.17, 15) is 4.79 Å². The van der Waals surface area contributed by atoms with Gasteiger partial charge in [0.05, 0.1) is 19.0 Å². The van der Waals surface area contributed by atoms with E-state index < -0.39 is 0 Å². The predicted octanol–water partition coefficient (Wildman–Crippen LogP) is 1.74. The molecule has 14 heavy (non-hydrogen) atoms. The van der Waals surface area contributed by atoms with Gasteiger partial charge in [0.25, 0.3) is 0 Å². The van der Waals surface area contributed by atoms with Crippen LogP contribution in [0.5, 0.6) is 0 Å². The van der Waals surface area contributed by atoms with Crippen LogP contribution in [-0.4, -0.2) is 17.1 Å². The Labute approximate surface area is 83.2 Å². The van der Waals surface area contributed by atoms with Crippen molar-refractivity contribution >= 4 is 5.97 Å². The normalized spacial score (nSPS) is 22.4. The Balaban J connectivity index is 2.02. The summed E-state index contributed by atoms with van der Waals surface area (Å²) in [6.07, 6.45) is 0.493. The van der Waals surface area contributed by atoms with Gasteiger partial charge in [-0.1, -0.05) is 30.3 Å². The molecule has 1 fully saturated rings. The molecule has 1 aromatic rings. The highest BCUT2D eigenvalue weighted by Crippen LogP contribution is 2.18. The van der Waals surface area contributed by atoms with Gasteiger partial charge in [0, 0.05) is 0 Å². The maximum Gasteiger partial charge on any atom is 0.326 e. The predicted molar refractivity (Wildman–Crippen MR) is 52.2 cm³/mol. The zero-order valence-electron chi connectivity index (χ0n) is 8.14. The fourth-order valence-corrected chi connectivity index (χ4v) is 1.55. The monoisotopic (exact) mass is 191 g/mol. The summed E-state index contributed by atoms with van der Waals surface area (Å²) in [4.78, 5) is 16.1. The van der Waals surface area contributed by atoms with Crippen molar-refractivity contribution < 1.29 is 9.63 Å². The lowest BCUT2D eigenvalue weighted by Gasteiger charge is -2.17. The van der Waals surface area contributed by atoms with Crippen LogP contribution in [0.1, 0.15) is 18.9 Å². The van der Waals surface area contributed by atoms with Crippen LogP contribution in [0.25, 0.3) is 0 Å². The molecule has 1 aromatic carbocycles. The standard InChI is InChI=1S/C11H13NO2/c1-9-7-11(13)14-12(9)8-10-5-3-2-4-6-10/h2-6,9H,7-8H2,1H3. The first kappa shape index (κ1) is 9.21. The Bertz CT molecular complexity index is 323. The Kier molecular flexibility index (Phi) is 2.50. The maximum absolute atomic E-state index is 11.0. The molecule has 1 aliphatic heterocycles. The summed E-state index contributed by atoms with van der Waals surface area (Å²) in [6, 6.07) is 10.2. The number of hydrogen-bond donors (Lipinski definition) is 0. The highest BCUT2D eigenvalue weighted by molar-refractivity contribution is 5.71. The molecule has 0 saturated carbocycles. The molecule has 0 aliphatic carbocycles. The third-order valence-electron chi connectivity index (χ3n) is 2.35. The van der Waals surface area contributed by atoms with Crippen LogP contribution in [0.2, 0.25) is 0 Å². The number of nitrogens with zero attached hydrogens (tertiary/aromatic N) is 1. The zero-order chi connectivity index (χ0) is 9.97. The van der Waals surface area contributed by atoms with Gasteiger partial charge < -0.3 is 4.84 Å². The van der Waals surface area contributed by atoms with Gasteiger partial charge in [-0.2, -0.15) is 0 Å². The molecule has 1 unspecified atom stereocenters. The second kappa shape index (κ2) is 3.80. The lowest BCUT2D eigenvalue weighted by molar-refractivity contribution is -0.177. The fourth-order valence-electron chi connectivity index (χ4n) is 1.55. The van der Waals surface area contributed by atoms with Crippen molar-refractivity contribution in [2.45, 2.75) is 25.9 Å². The van der Waals surface area contributed by atoms with E-state index in [-0.39, 0.29) is 12.0 Å². The van der Waals surface area contributed by atoms with Gasteiger partial charge in [0.2, 0.25) is 0 Å². The van der Waals surface area contributed by atoms with E-state index >= 15 is 0 Å². The molecule has 3 nitrogen and oxygen atoms in total. The van der Waals surface area contributed by atoms with Gasteiger partial charge in [0.15, 0.2) is 0 Å². The number of rotatable bonds is 2. The first-order valence-corrected chi connectivity index (χ1v) is 4.77. The summed E-state index contributed by atoms with van der Waals surface area (Å²) in [5.41, 5.74) is 1.16. The van der Waals surface area contributed by atoms with Crippen LogP contribution in [0.4, 0.5) is 0 Å².